The average molecular weight is 528 g/mol. The number of likely N-dealkylation sites (N-methyl/N-ethyl adjacent to an activating group) is 1. The third kappa shape index (κ3) is 6.29. The first-order valence-corrected chi connectivity index (χ1v) is 11.6. The average Bonchev–Trinajstić information content (AvgIpc) is 3.32. The van der Waals surface area contributed by atoms with Gasteiger partial charge in [-0.1, -0.05) is 28.1 Å². The van der Waals surface area contributed by atoms with Crippen LogP contribution in [0.2, 0.25) is 0 Å². The van der Waals surface area contributed by atoms with E-state index in [2.05, 4.69) is 36.5 Å². The van der Waals surface area contributed by atoms with Gasteiger partial charge in [0.1, 0.15) is 17.9 Å². The zero-order chi connectivity index (χ0) is 23.9. The first-order valence-electron chi connectivity index (χ1n) is 10.8. The predicted octanol–water partition coefficient (Wildman–Crippen LogP) is 3.94. The van der Waals surface area contributed by atoms with E-state index in [0.717, 1.165) is 15.5 Å². The molecule has 1 aromatic heterocycles. The Kier molecular flexibility index (Phi) is 8.07. The molecule has 9 nitrogen and oxygen atoms in total. The third-order valence-corrected chi connectivity index (χ3v) is 5.63. The van der Waals surface area contributed by atoms with E-state index in [0.29, 0.717) is 49.1 Å². The molecule has 2 heterocycles. The summed E-state index contributed by atoms with van der Waals surface area (Å²) in [5.41, 5.74) is 2.09. The number of hydrogen-bond donors (Lipinski definition) is 2. The van der Waals surface area contributed by atoms with Gasteiger partial charge >= 0.3 is 0 Å². The molecule has 3 aromatic rings. The number of halogens is 1. The molecule has 2 aromatic carbocycles. The van der Waals surface area contributed by atoms with Crippen LogP contribution in [-0.4, -0.2) is 67.5 Å². The molecule has 0 saturated carbocycles. The highest BCUT2D eigenvalue weighted by Crippen LogP contribution is 2.33. The highest BCUT2D eigenvalue weighted by Gasteiger charge is 2.17. The lowest BCUT2D eigenvalue weighted by Crippen LogP contribution is -2.30. The predicted molar refractivity (Wildman–Crippen MR) is 134 cm³/mol. The Labute approximate surface area is 206 Å². The fraction of sp³-hybridized carbons (Fsp3) is 0.292. The molecule has 2 N–H and O–H groups in total. The Balaban J connectivity index is 1.47. The largest absolute Gasteiger partial charge is 0.494 e. The topological polar surface area (TPSA) is 97.8 Å². The van der Waals surface area contributed by atoms with Gasteiger partial charge in [0.15, 0.2) is 6.29 Å². The molecule has 0 bridgehead atoms. The molecule has 0 radical (unpaired) electrons. The molecule has 1 aliphatic rings. The van der Waals surface area contributed by atoms with Crippen LogP contribution in [0.1, 0.15) is 0 Å². The Morgan fingerprint density at radius 3 is 2.85 bits per heavy atom. The molecule has 1 aliphatic heterocycles. The van der Waals surface area contributed by atoms with Gasteiger partial charge in [0.25, 0.3) is 0 Å². The van der Waals surface area contributed by atoms with E-state index in [1.54, 1.807) is 25.3 Å². The summed E-state index contributed by atoms with van der Waals surface area (Å²) in [4.78, 5) is 23.3. The zero-order valence-electron chi connectivity index (χ0n) is 19.0. The smallest absolute Gasteiger partial charge is 0.248 e. The number of amides is 1. The summed E-state index contributed by atoms with van der Waals surface area (Å²) >= 11 is 3.48. The SMILES string of the molecule is COc1cc2ncnc(Nc3cccc(Br)c3)c2cc1NC(=O)/C=C/CN(C)CC1OCCO1. The second-order valence-corrected chi connectivity index (χ2v) is 8.63. The van der Waals surface area contributed by atoms with Gasteiger partial charge in [0.2, 0.25) is 5.91 Å². The molecular formula is C24H26BrN5O4. The lowest BCUT2D eigenvalue weighted by atomic mass is 10.2. The molecule has 0 spiro atoms. The van der Waals surface area contributed by atoms with Crippen molar-refractivity contribution in [2.24, 2.45) is 0 Å². The van der Waals surface area contributed by atoms with Crippen LogP contribution in [0, 0.1) is 0 Å². The van der Waals surface area contributed by atoms with E-state index >= 15 is 0 Å². The fourth-order valence-electron chi connectivity index (χ4n) is 3.51. The molecule has 4 rings (SSSR count). The summed E-state index contributed by atoms with van der Waals surface area (Å²) in [7, 11) is 3.50. The van der Waals surface area contributed by atoms with E-state index in [9.17, 15) is 4.79 Å². The van der Waals surface area contributed by atoms with Crippen LogP contribution < -0.4 is 15.4 Å². The van der Waals surface area contributed by atoms with Crippen molar-refractivity contribution in [2.75, 3.05) is 51.1 Å². The molecule has 1 amide bonds. The van der Waals surface area contributed by atoms with Crippen LogP contribution in [0.4, 0.5) is 17.2 Å². The molecular weight excluding hydrogens is 502 g/mol. The summed E-state index contributed by atoms with van der Waals surface area (Å²) in [6.07, 6.45) is 4.57. The highest BCUT2D eigenvalue weighted by molar-refractivity contribution is 9.10. The summed E-state index contributed by atoms with van der Waals surface area (Å²) < 4.78 is 17.3. The van der Waals surface area contributed by atoms with Gasteiger partial charge in [-0.2, -0.15) is 0 Å². The fourth-order valence-corrected chi connectivity index (χ4v) is 3.91. The third-order valence-electron chi connectivity index (χ3n) is 5.14. The van der Waals surface area contributed by atoms with Gasteiger partial charge in [-0.05, 0) is 31.3 Å². The summed E-state index contributed by atoms with van der Waals surface area (Å²) in [5.74, 6) is 0.863. The van der Waals surface area contributed by atoms with Crippen LogP contribution in [0.3, 0.4) is 0 Å². The Morgan fingerprint density at radius 2 is 2.09 bits per heavy atom. The minimum Gasteiger partial charge on any atom is -0.494 e. The molecule has 34 heavy (non-hydrogen) atoms. The molecule has 0 aliphatic carbocycles. The highest BCUT2D eigenvalue weighted by atomic mass is 79.9. The van der Waals surface area contributed by atoms with Gasteiger partial charge < -0.3 is 24.8 Å². The molecule has 1 fully saturated rings. The number of carbonyl (C=O) groups excluding carboxylic acids is 1. The number of fused-ring (bicyclic) bond motifs is 1. The standard InChI is InChI=1S/C24H26BrN5O4/c1-30(14-23-33-9-10-34-23)8-4-7-22(31)29-20-12-18-19(13-21(20)32-2)26-15-27-24(18)28-17-6-3-5-16(25)11-17/h3-7,11-13,15,23H,8-10,14H2,1-2H3,(H,29,31)(H,26,27,28)/b7-4+. The van der Waals surface area contributed by atoms with Crippen LogP contribution in [0.5, 0.6) is 5.75 Å². The lowest BCUT2D eigenvalue weighted by Gasteiger charge is -2.18. The second kappa shape index (κ2) is 11.4. The summed E-state index contributed by atoms with van der Waals surface area (Å²) in [6, 6.07) is 11.4. The van der Waals surface area contributed by atoms with Gasteiger partial charge in [-0.25, -0.2) is 9.97 Å². The molecule has 0 unspecified atom stereocenters. The van der Waals surface area contributed by atoms with Crippen LogP contribution in [0.15, 0.2) is 59.4 Å². The molecule has 0 atom stereocenters. The number of hydrogen-bond acceptors (Lipinski definition) is 8. The van der Waals surface area contributed by atoms with Crippen molar-refractivity contribution in [1.29, 1.82) is 0 Å². The number of carbonyl (C=O) groups is 1. The Morgan fingerprint density at radius 1 is 1.26 bits per heavy atom. The lowest BCUT2D eigenvalue weighted by molar-refractivity contribution is -0.111. The van der Waals surface area contributed by atoms with Gasteiger partial charge in [-0.15, -0.1) is 0 Å². The van der Waals surface area contributed by atoms with E-state index in [4.69, 9.17) is 14.2 Å². The number of rotatable bonds is 9. The maximum atomic E-state index is 12.6. The summed E-state index contributed by atoms with van der Waals surface area (Å²) in [6.45, 7) is 2.46. The molecule has 1 saturated heterocycles. The molecule has 10 heteroatoms. The molecule has 178 valence electrons. The first-order chi connectivity index (χ1) is 16.5. The van der Waals surface area contributed by atoms with Gasteiger partial charge in [0, 0.05) is 40.8 Å². The van der Waals surface area contributed by atoms with Gasteiger partial charge in [-0.3, -0.25) is 9.69 Å². The quantitative estimate of drug-likeness (QED) is 0.403. The maximum Gasteiger partial charge on any atom is 0.248 e. The van der Waals surface area contributed by atoms with E-state index in [1.807, 2.05) is 36.2 Å². The summed E-state index contributed by atoms with van der Waals surface area (Å²) in [5, 5.41) is 6.95. The van der Waals surface area contributed by atoms with Crippen molar-refractivity contribution in [3.05, 3.63) is 59.4 Å². The Bertz CT molecular complexity index is 1180. The van der Waals surface area contributed by atoms with Crippen molar-refractivity contribution < 1.29 is 19.0 Å². The van der Waals surface area contributed by atoms with Gasteiger partial charge in [0.05, 0.1) is 31.5 Å². The normalized spacial score (nSPS) is 14.2. The number of ether oxygens (including phenoxy) is 3. The van der Waals surface area contributed by atoms with Crippen LogP contribution in [-0.2, 0) is 14.3 Å². The van der Waals surface area contributed by atoms with Crippen LogP contribution in [0.25, 0.3) is 10.9 Å². The number of aromatic nitrogens is 2. The number of methoxy groups -OCH3 is 1. The zero-order valence-corrected chi connectivity index (χ0v) is 20.5. The monoisotopic (exact) mass is 527 g/mol. The van der Waals surface area contributed by atoms with Crippen molar-refractivity contribution in [3.8, 4) is 5.75 Å². The maximum absolute atomic E-state index is 12.6. The van der Waals surface area contributed by atoms with Crippen molar-refractivity contribution in [1.82, 2.24) is 14.9 Å². The van der Waals surface area contributed by atoms with Crippen LogP contribution >= 0.6 is 15.9 Å². The minimum atomic E-state index is -0.266. The van der Waals surface area contributed by atoms with E-state index in [-0.39, 0.29) is 12.2 Å². The Hall–Kier alpha value is -3.05. The van der Waals surface area contributed by atoms with Crippen molar-refractivity contribution in [2.45, 2.75) is 6.29 Å². The number of anilines is 3. The first kappa shape index (κ1) is 24.1. The number of nitrogens with one attached hydrogen (secondary N) is 2. The minimum absolute atomic E-state index is 0.212. The van der Waals surface area contributed by atoms with E-state index < -0.39 is 0 Å². The number of benzene rings is 2. The number of nitrogens with zero attached hydrogens (tertiary/aromatic N) is 3. The second-order valence-electron chi connectivity index (χ2n) is 7.71. The van der Waals surface area contributed by atoms with Crippen molar-refractivity contribution in [3.63, 3.8) is 0 Å². The van der Waals surface area contributed by atoms with Crippen molar-refractivity contribution >= 4 is 49.9 Å². The van der Waals surface area contributed by atoms with E-state index in [1.165, 1.54) is 12.4 Å².